The molecule has 2 fully saturated rings. The van der Waals surface area contributed by atoms with Gasteiger partial charge in [-0.2, -0.15) is 0 Å². The Morgan fingerprint density at radius 2 is 1.93 bits per heavy atom. The molecule has 8 heteroatoms. The lowest BCUT2D eigenvalue weighted by molar-refractivity contribution is 0.0952. The second-order valence-corrected chi connectivity index (χ2v) is 7.70. The minimum Gasteiger partial charge on any atom is -0.355 e. The minimum atomic E-state index is -0.257. The summed E-state index contributed by atoms with van der Waals surface area (Å²) >= 11 is 0. The van der Waals surface area contributed by atoms with E-state index in [4.69, 9.17) is 0 Å². The highest BCUT2D eigenvalue weighted by Gasteiger charge is 2.27. The fourth-order valence-corrected chi connectivity index (χ4v) is 3.52. The summed E-state index contributed by atoms with van der Waals surface area (Å²) in [5.41, 5.74) is 2.98. The van der Waals surface area contributed by atoms with Gasteiger partial charge in [0.2, 0.25) is 5.82 Å². The van der Waals surface area contributed by atoms with Gasteiger partial charge in [0.15, 0.2) is 0 Å². The van der Waals surface area contributed by atoms with Gasteiger partial charge in [-0.1, -0.05) is 0 Å². The predicted octanol–water partition coefficient (Wildman–Crippen LogP) is 1.49. The number of nitrogens with one attached hydrogen (secondary N) is 2. The minimum absolute atomic E-state index is 0.227. The van der Waals surface area contributed by atoms with E-state index < -0.39 is 0 Å². The molecule has 2 aromatic rings. The van der Waals surface area contributed by atoms with Crippen molar-refractivity contribution in [3.63, 3.8) is 0 Å². The summed E-state index contributed by atoms with van der Waals surface area (Å²) in [4.78, 5) is 32.0. The van der Waals surface area contributed by atoms with Crippen LogP contribution in [0.4, 0.5) is 5.82 Å². The van der Waals surface area contributed by atoms with Gasteiger partial charge >= 0.3 is 0 Å². The molecule has 1 aliphatic carbocycles. The van der Waals surface area contributed by atoms with Crippen LogP contribution in [0.1, 0.15) is 58.4 Å². The number of rotatable bonds is 6. The highest BCUT2D eigenvalue weighted by atomic mass is 16.2. The Morgan fingerprint density at radius 3 is 2.61 bits per heavy atom. The van der Waals surface area contributed by atoms with Gasteiger partial charge in [-0.05, 0) is 33.1 Å². The summed E-state index contributed by atoms with van der Waals surface area (Å²) in [6, 6.07) is 0.362. The standard InChI is InChI=1S/C20H27N7O/c1-12-13(2)25-18(20(28)21-3)26-19(12)27-7-6-16(11-27)22-8-14-9-23-17(24-10-14)15-4-5-15/h9-10,15-16,22H,4-8,11H2,1-3H3,(H,21,28)/t16-/m1/s1. The Balaban J connectivity index is 1.38. The smallest absolute Gasteiger partial charge is 0.288 e. The first-order valence-electron chi connectivity index (χ1n) is 9.91. The SMILES string of the molecule is CNC(=O)c1nc(C)c(C)c(N2CC[C@@H](NCc3cnc(C4CC4)nc3)C2)n1. The van der Waals surface area contributed by atoms with Crippen LogP contribution in [0.25, 0.3) is 0 Å². The highest BCUT2D eigenvalue weighted by molar-refractivity contribution is 5.90. The van der Waals surface area contributed by atoms with E-state index in [1.165, 1.54) is 12.8 Å². The quantitative estimate of drug-likeness (QED) is 0.782. The van der Waals surface area contributed by atoms with Crippen molar-refractivity contribution in [2.75, 3.05) is 25.0 Å². The average molecular weight is 381 g/mol. The van der Waals surface area contributed by atoms with Crippen LogP contribution in [-0.2, 0) is 6.54 Å². The molecule has 3 heterocycles. The molecule has 0 unspecified atom stereocenters. The Morgan fingerprint density at radius 1 is 1.18 bits per heavy atom. The van der Waals surface area contributed by atoms with Gasteiger partial charge in [-0.3, -0.25) is 4.79 Å². The van der Waals surface area contributed by atoms with Crippen molar-refractivity contribution in [1.29, 1.82) is 0 Å². The molecule has 28 heavy (non-hydrogen) atoms. The summed E-state index contributed by atoms with van der Waals surface area (Å²) in [6.07, 6.45) is 7.35. The van der Waals surface area contributed by atoms with Gasteiger partial charge in [-0.15, -0.1) is 0 Å². The van der Waals surface area contributed by atoms with Crippen molar-refractivity contribution in [1.82, 2.24) is 30.6 Å². The number of carbonyl (C=O) groups excluding carboxylic acids is 1. The third kappa shape index (κ3) is 3.96. The molecule has 0 bridgehead atoms. The predicted molar refractivity (Wildman–Crippen MR) is 106 cm³/mol. The molecule has 1 aliphatic heterocycles. The molecule has 0 spiro atoms. The molecule has 0 aromatic carbocycles. The molecule has 1 saturated heterocycles. The Labute approximate surface area is 165 Å². The summed E-state index contributed by atoms with van der Waals surface area (Å²) in [5, 5.41) is 6.20. The van der Waals surface area contributed by atoms with Crippen LogP contribution < -0.4 is 15.5 Å². The molecule has 2 aromatic heterocycles. The number of aromatic nitrogens is 4. The molecule has 4 rings (SSSR count). The first-order valence-corrected chi connectivity index (χ1v) is 9.91. The van der Waals surface area contributed by atoms with E-state index in [0.29, 0.717) is 12.0 Å². The summed E-state index contributed by atoms with van der Waals surface area (Å²) in [6.45, 7) is 6.45. The van der Waals surface area contributed by atoms with Crippen molar-refractivity contribution in [3.8, 4) is 0 Å². The van der Waals surface area contributed by atoms with Gasteiger partial charge in [0.1, 0.15) is 11.6 Å². The maximum absolute atomic E-state index is 12.0. The van der Waals surface area contributed by atoms with Gasteiger partial charge in [0, 0.05) is 67.9 Å². The molecule has 148 valence electrons. The zero-order valence-electron chi connectivity index (χ0n) is 16.7. The summed E-state index contributed by atoms with van der Waals surface area (Å²) in [5.74, 6) is 2.40. The van der Waals surface area contributed by atoms with Crippen LogP contribution in [-0.4, -0.2) is 52.0 Å². The molecule has 1 amide bonds. The van der Waals surface area contributed by atoms with Crippen LogP contribution in [0.2, 0.25) is 0 Å². The second-order valence-electron chi connectivity index (χ2n) is 7.70. The van der Waals surface area contributed by atoms with Crippen molar-refractivity contribution in [3.05, 3.63) is 40.9 Å². The van der Waals surface area contributed by atoms with E-state index in [-0.39, 0.29) is 11.7 Å². The number of carbonyl (C=O) groups is 1. The molecule has 0 radical (unpaired) electrons. The largest absolute Gasteiger partial charge is 0.355 e. The van der Waals surface area contributed by atoms with E-state index in [1.807, 2.05) is 26.2 Å². The van der Waals surface area contributed by atoms with Crippen molar-refractivity contribution < 1.29 is 4.79 Å². The van der Waals surface area contributed by atoms with Crippen molar-refractivity contribution >= 4 is 11.7 Å². The van der Waals surface area contributed by atoms with E-state index in [1.54, 1.807) is 7.05 Å². The first-order chi connectivity index (χ1) is 13.5. The van der Waals surface area contributed by atoms with Crippen molar-refractivity contribution in [2.45, 2.75) is 51.6 Å². The average Bonchev–Trinajstić information content (AvgIpc) is 3.46. The molecular weight excluding hydrogens is 354 g/mol. The van der Waals surface area contributed by atoms with E-state index in [9.17, 15) is 4.79 Å². The number of amides is 1. The van der Waals surface area contributed by atoms with Gasteiger partial charge < -0.3 is 15.5 Å². The summed E-state index contributed by atoms with van der Waals surface area (Å²) < 4.78 is 0. The third-order valence-electron chi connectivity index (χ3n) is 5.54. The summed E-state index contributed by atoms with van der Waals surface area (Å²) in [7, 11) is 1.59. The van der Waals surface area contributed by atoms with Crippen LogP contribution in [0.15, 0.2) is 12.4 Å². The molecule has 1 atom stereocenters. The van der Waals surface area contributed by atoms with Crippen LogP contribution in [0, 0.1) is 13.8 Å². The van der Waals surface area contributed by atoms with Crippen LogP contribution in [0.3, 0.4) is 0 Å². The topological polar surface area (TPSA) is 95.9 Å². The van der Waals surface area contributed by atoms with Gasteiger partial charge in [0.25, 0.3) is 5.91 Å². The van der Waals surface area contributed by atoms with E-state index in [2.05, 4.69) is 35.5 Å². The molecule has 2 aliphatic rings. The molecule has 1 saturated carbocycles. The van der Waals surface area contributed by atoms with E-state index >= 15 is 0 Å². The van der Waals surface area contributed by atoms with E-state index in [0.717, 1.165) is 54.5 Å². The second kappa shape index (κ2) is 7.79. The normalized spacial score (nSPS) is 19.1. The fraction of sp³-hybridized carbons (Fsp3) is 0.550. The maximum Gasteiger partial charge on any atom is 0.288 e. The lowest BCUT2D eigenvalue weighted by atomic mass is 10.2. The fourth-order valence-electron chi connectivity index (χ4n) is 3.52. The number of nitrogens with zero attached hydrogens (tertiary/aromatic N) is 5. The Kier molecular flexibility index (Phi) is 5.21. The van der Waals surface area contributed by atoms with Gasteiger partial charge in [0.05, 0.1) is 0 Å². The van der Waals surface area contributed by atoms with Crippen LogP contribution in [0.5, 0.6) is 0 Å². The third-order valence-corrected chi connectivity index (χ3v) is 5.54. The number of hydrogen-bond donors (Lipinski definition) is 2. The zero-order chi connectivity index (χ0) is 19.7. The number of aryl methyl sites for hydroxylation is 1. The molecule has 2 N–H and O–H groups in total. The van der Waals surface area contributed by atoms with Gasteiger partial charge in [-0.25, -0.2) is 19.9 Å². The van der Waals surface area contributed by atoms with Crippen LogP contribution >= 0.6 is 0 Å². The number of hydrogen-bond acceptors (Lipinski definition) is 7. The Hall–Kier alpha value is -2.61. The maximum atomic E-state index is 12.0. The lowest BCUT2D eigenvalue weighted by Crippen LogP contribution is -2.33. The van der Waals surface area contributed by atoms with Crippen molar-refractivity contribution in [2.24, 2.45) is 0 Å². The Bertz CT molecular complexity index is 864. The number of anilines is 1. The molecule has 8 nitrogen and oxygen atoms in total. The monoisotopic (exact) mass is 381 g/mol. The molecular formula is C20H27N7O. The highest BCUT2D eigenvalue weighted by Crippen LogP contribution is 2.37. The lowest BCUT2D eigenvalue weighted by Gasteiger charge is -2.21. The zero-order valence-corrected chi connectivity index (χ0v) is 16.7. The first kappa shape index (κ1) is 18.7.